The van der Waals surface area contributed by atoms with Gasteiger partial charge in [-0.15, -0.1) is 0 Å². The largest absolute Gasteiger partial charge is 0.457 e. The molecule has 0 heterocycles. The number of nitrogens with zero attached hydrogens (tertiary/aromatic N) is 4. The molecule has 6 rings (SSSR count). The maximum absolute atomic E-state index is 10.8. The molecule has 0 aliphatic heterocycles. The van der Waals surface area contributed by atoms with Crippen LogP contribution in [0.3, 0.4) is 0 Å². The zero-order valence-electron chi connectivity index (χ0n) is 27.7. The number of hydrogen-bond donors (Lipinski definition) is 0. The van der Waals surface area contributed by atoms with Gasteiger partial charge in [-0.2, -0.15) is 0 Å². The molecule has 0 fully saturated rings. The number of ether oxygens (including phenoxy) is 2. The Morgan fingerprint density at radius 3 is 1.06 bits per heavy atom. The van der Waals surface area contributed by atoms with Crippen molar-refractivity contribution in [1.29, 1.82) is 0 Å². The summed E-state index contributed by atoms with van der Waals surface area (Å²) in [5.74, 6) is 2.78. The molecule has 6 aromatic rings. The van der Waals surface area contributed by atoms with Crippen LogP contribution in [0.25, 0.3) is 0 Å². The minimum Gasteiger partial charge on any atom is -0.457 e. The molecule has 0 unspecified atom stereocenters. The van der Waals surface area contributed by atoms with Gasteiger partial charge in [0.1, 0.15) is 23.0 Å². The highest BCUT2D eigenvalue weighted by atomic mass is 16.6. The fourth-order valence-corrected chi connectivity index (χ4v) is 5.18. The van der Waals surface area contributed by atoms with Crippen LogP contribution in [0.5, 0.6) is 23.0 Å². The summed E-state index contributed by atoms with van der Waals surface area (Å²) in [6.45, 7) is 4.34. The molecule has 0 amide bonds. The van der Waals surface area contributed by atoms with Crippen molar-refractivity contribution in [2.24, 2.45) is 9.98 Å². The summed E-state index contributed by atoms with van der Waals surface area (Å²) < 4.78 is 12.1. The number of hydrogen-bond acceptors (Lipinski definition) is 8. The van der Waals surface area contributed by atoms with Crippen LogP contribution in [0.4, 0.5) is 22.7 Å². The van der Waals surface area contributed by atoms with Crippen LogP contribution in [0.1, 0.15) is 36.1 Å². The minimum absolute atomic E-state index is 0.0407. The van der Waals surface area contributed by atoms with Gasteiger partial charge in [0.25, 0.3) is 11.4 Å². The van der Waals surface area contributed by atoms with Crippen molar-refractivity contribution < 1.29 is 19.3 Å². The highest BCUT2D eigenvalue weighted by Crippen LogP contribution is 2.35. The van der Waals surface area contributed by atoms with E-state index >= 15 is 0 Å². The molecule has 6 aromatic carbocycles. The summed E-state index contributed by atoms with van der Waals surface area (Å²) in [5, 5.41) is 21.7. The average Bonchev–Trinajstić information content (AvgIpc) is 3.15. The van der Waals surface area contributed by atoms with E-state index in [1.54, 1.807) is 36.7 Å². The summed E-state index contributed by atoms with van der Waals surface area (Å²) in [7, 11) is 0. The van der Waals surface area contributed by atoms with E-state index in [-0.39, 0.29) is 16.8 Å². The summed E-state index contributed by atoms with van der Waals surface area (Å²) in [6.07, 6.45) is 3.32. The lowest BCUT2D eigenvalue weighted by atomic mass is 9.78. The SMILES string of the molecule is CC(C)(c1ccc(Oc2ccc(N=Cc3ccc([N+](=O)[O-])cc3)cc2)cc1)c1ccc(Oc2ccc(N=Cc3ccc([N+](=O)[O-])cc3)cc2)cc1. The van der Waals surface area contributed by atoms with Gasteiger partial charge >= 0.3 is 0 Å². The summed E-state index contributed by atoms with van der Waals surface area (Å²) in [6, 6.07) is 43.3. The first kappa shape index (κ1) is 33.9. The van der Waals surface area contributed by atoms with Crippen LogP contribution in [-0.2, 0) is 5.41 Å². The van der Waals surface area contributed by atoms with Crippen LogP contribution >= 0.6 is 0 Å². The third-order valence-electron chi connectivity index (χ3n) is 8.23. The van der Waals surface area contributed by atoms with Crippen molar-refractivity contribution in [2.75, 3.05) is 0 Å². The Kier molecular flexibility index (Phi) is 10.0. The van der Waals surface area contributed by atoms with Crippen molar-refractivity contribution >= 4 is 35.2 Å². The lowest BCUT2D eigenvalue weighted by Crippen LogP contribution is -2.18. The van der Waals surface area contributed by atoms with Crippen molar-refractivity contribution in [2.45, 2.75) is 19.3 Å². The number of nitro groups is 2. The molecule has 0 saturated heterocycles. The molecule has 0 aromatic heterocycles. The zero-order valence-corrected chi connectivity index (χ0v) is 27.7. The molecule has 0 radical (unpaired) electrons. The fraction of sp³-hybridized carbons (Fsp3) is 0.0732. The van der Waals surface area contributed by atoms with Gasteiger partial charge in [0, 0.05) is 42.1 Å². The normalized spacial score (nSPS) is 11.5. The molecule has 0 bridgehead atoms. The van der Waals surface area contributed by atoms with Crippen LogP contribution in [-0.4, -0.2) is 22.3 Å². The Morgan fingerprint density at radius 2 is 0.765 bits per heavy atom. The van der Waals surface area contributed by atoms with Crippen molar-refractivity contribution in [3.63, 3.8) is 0 Å². The third kappa shape index (κ3) is 8.76. The van der Waals surface area contributed by atoms with E-state index in [2.05, 4.69) is 48.1 Å². The van der Waals surface area contributed by atoms with Gasteiger partial charge < -0.3 is 9.47 Å². The van der Waals surface area contributed by atoms with Gasteiger partial charge in [0.2, 0.25) is 0 Å². The summed E-state index contributed by atoms with van der Waals surface area (Å²) in [5.41, 5.74) is 5.06. The average molecular weight is 677 g/mol. The molecule has 0 N–H and O–H groups in total. The second-order valence-electron chi connectivity index (χ2n) is 12.1. The van der Waals surface area contributed by atoms with E-state index in [4.69, 9.17) is 9.47 Å². The third-order valence-corrected chi connectivity index (χ3v) is 8.23. The Labute approximate surface area is 294 Å². The van der Waals surface area contributed by atoms with Crippen LogP contribution in [0.15, 0.2) is 156 Å². The van der Waals surface area contributed by atoms with Gasteiger partial charge in [0.05, 0.1) is 21.2 Å². The van der Waals surface area contributed by atoms with Crippen LogP contribution < -0.4 is 9.47 Å². The highest BCUT2D eigenvalue weighted by Gasteiger charge is 2.23. The van der Waals surface area contributed by atoms with E-state index in [0.717, 1.165) is 33.6 Å². The number of rotatable bonds is 12. The lowest BCUT2D eigenvalue weighted by molar-refractivity contribution is -0.385. The molecular formula is C41H32N4O6. The first-order valence-electron chi connectivity index (χ1n) is 16.0. The Balaban J connectivity index is 1.02. The number of benzene rings is 6. The maximum atomic E-state index is 10.8. The number of nitro benzene ring substituents is 2. The predicted octanol–water partition coefficient (Wildman–Crippen LogP) is 10.9. The lowest BCUT2D eigenvalue weighted by Gasteiger charge is -2.26. The first-order valence-corrected chi connectivity index (χ1v) is 16.0. The molecule has 51 heavy (non-hydrogen) atoms. The minimum atomic E-state index is -0.430. The van der Waals surface area contributed by atoms with Gasteiger partial charge in [-0.25, -0.2) is 0 Å². The predicted molar refractivity (Wildman–Crippen MR) is 199 cm³/mol. The maximum Gasteiger partial charge on any atom is 0.269 e. The second-order valence-corrected chi connectivity index (χ2v) is 12.1. The Hall–Kier alpha value is -6.94. The summed E-state index contributed by atoms with van der Waals surface area (Å²) >= 11 is 0. The molecule has 0 aliphatic rings. The number of non-ortho nitro benzene ring substituents is 2. The first-order chi connectivity index (χ1) is 24.6. The second kappa shape index (κ2) is 15.1. The Morgan fingerprint density at radius 1 is 0.471 bits per heavy atom. The van der Waals surface area contributed by atoms with E-state index in [1.807, 2.05) is 72.8 Å². The molecule has 0 saturated carbocycles. The van der Waals surface area contributed by atoms with E-state index in [0.29, 0.717) is 23.0 Å². The van der Waals surface area contributed by atoms with Gasteiger partial charge in [-0.1, -0.05) is 38.1 Å². The van der Waals surface area contributed by atoms with Gasteiger partial charge in [-0.05, 0) is 119 Å². The molecule has 252 valence electrons. The Bertz CT molecular complexity index is 2020. The summed E-state index contributed by atoms with van der Waals surface area (Å²) in [4.78, 5) is 29.7. The smallest absolute Gasteiger partial charge is 0.269 e. The molecule has 0 atom stereocenters. The van der Waals surface area contributed by atoms with E-state index in [9.17, 15) is 20.2 Å². The molecule has 0 aliphatic carbocycles. The topological polar surface area (TPSA) is 129 Å². The number of aliphatic imine (C=N–C) groups is 2. The van der Waals surface area contributed by atoms with Gasteiger partial charge in [0.15, 0.2) is 0 Å². The van der Waals surface area contributed by atoms with Crippen LogP contribution in [0, 0.1) is 20.2 Å². The molecule has 10 heteroatoms. The van der Waals surface area contributed by atoms with E-state index in [1.165, 1.54) is 24.3 Å². The zero-order chi connectivity index (χ0) is 35.8. The van der Waals surface area contributed by atoms with Gasteiger partial charge in [-0.3, -0.25) is 30.2 Å². The monoisotopic (exact) mass is 676 g/mol. The highest BCUT2D eigenvalue weighted by molar-refractivity contribution is 5.83. The molecular weight excluding hydrogens is 644 g/mol. The van der Waals surface area contributed by atoms with Crippen molar-refractivity contribution in [1.82, 2.24) is 0 Å². The molecule has 10 nitrogen and oxygen atoms in total. The standard InChI is InChI=1S/C41H32N4O6/c1-41(2,31-7-19-37(20-8-31)50-39-23-11-33(12-24-39)42-27-29-3-15-35(16-4-29)44(46)47)32-9-21-38(22-10-32)51-40-25-13-34(14-26-40)43-28-30-5-17-36(18-6-30)45(48)49/h3-28H,1-2H3. The van der Waals surface area contributed by atoms with E-state index < -0.39 is 9.85 Å². The van der Waals surface area contributed by atoms with Crippen molar-refractivity contribution in [3.05, 3.63) is 188 Å². The van der Waals surface area contributed by atoms with Crippen LogP contribution in [0.2, 0.25) is 0 Å². The molecule has 0 spiro atoms. The quantitative estimate of drug-likeness (QED) is 0.0720. The fourth-order valence-electron chi connectivity index (χ4n) is 5.18. The van der Waals surface area contributed by atoms with Crippen molar-refractivity contribution in [3.8, 4) is 23.0 Å².